The van der Waals surface area contributed by atoms with Gasteiger partial charge in [-0.2, -0.15) is 4.98 Å². The van der Waals surface area contributed by atoms with Gasteiger partial charge in [0, 0.05) is 0 Å². The molecule has 0 bridgehead atoms. The molecule has 0 radical (unpaired) electrons. The smallest absolute Gasteiger partial charge is 0.348 e. The number of esters is 2. The summed E-state index contributed by atoms with van der Waals surface area (Å²) in [5.41, 5.74) is 2.09. The number of oxazole rings is 1. The molecule has 0 atom stereocenters. The van der Waals surface area contributed by atoms with E-state index in [0.29, 0.717) is 26.5 Å². The number of aromatic nitrogens is 1. The first kappa shape index (κ1) is 17.9. The maximum Gasteiger partial charge on any atom is 0.348 e. The second-order valence-electron chi connectivity index (χ2n) is 5.31. The second kappa shape index (κ2) is 7.57. The molecule has 0 saturated carbocycles. The number of nitrogens with one attached hydrogen (secondary N) is 1. The van der Waals surface area contributed by atoms with E-state index in [4.69, 9.17) is 13.9 Å². The van der Waals surface area contributed by atoms with Gasteiger partial charge in [0.05, 0.1) is 18.8 Å². The number of benzene rings is 1. The van der Waals surface area contributed by atoms with Gasteiger partial charge in [-0.3, -0.25) is 5.32 Å². The minimum atomic E-state index is -0.518. The summed E-state index contributed by atoms with van der Waals surface area (Å²) in [5, 5.41) is 3.42. The third-order valence-electron chi connectivity index (χ3n) is 3.60. The van der Waals surface area contributed by atoms with E-state index < -0.39 is 11.9 Å². The Bertz CT molecular complexity index is 927. The number of hydrogen-bond donors (Lipinski definition) is 1. The van der Waals surface area contributed by atoms with Gasteiger partial charge in [-0.15, -0.1) is 11.3 Å². The van der Waals surface area contributed by atoms with Crippen molar-refractivity contribution in [3.05, 3.63) is 40.3 Å². The highest BCUT2D eigenvalue weighted by molar-refractivity contribution is 7.18. The van der Waals surface area contributed by atoms with E-state index in [1.165, 1.54) is 0 Å². The summed E-state index contributed by atoms with van der Waals surface area (Å²) in [4.78, 5) is 29.2. The van der Waals surface area contributed by atoms with Crippen LogP contribution in [0.4, 0.5) is 11.0 Å². The van der Waals surface area contributed by atoms with Crippen molar-refractivity contribution in [2.24, 2.45) is 0 Å². The summed E-state index contributed by atoms with van der Waals surface area (Å²) in [7, 11) is 0. The van der Waals surface area contributed by atoms with Crippen molar-refractivity contribution in [2.45, 2.75) is 20.8 Å². The van der Waals surface area contributed by atoms with Crippen molar-refractivity contribution >= 4 is 45.4 Å². The summed E-state index contributed by atoms with van der Waals surface area (Å²) in [5.74, 6) is -0.999. The second-order valence-corrected chi connectivity index (χ2v) is 6.33. The Kier molecular flexibility index (Phi) is 5.22. The summed E-state index contributed by atoms with van der Waals surface area (Å²) in [6, 6.07) is 7.54. The SMILES string of the molecule is CCOC(=O)c1sc(Nc2nc3ccccc3o2)c(C(=O)OCC)c1C. The maximum atomic E-state index is 12.4. The molecule has 0 aliphatic heterocycles. The zero-order valence-electron chi connectivity index (χ0n) is 14.6. The van der Waals surface area contributed by atoms with Crippen LogP contribution in [0.25, 0.3) is 11.1 Å². The average molecular weight is 374 g/mol. The van der Waals surface area contributed by atoms with Gasteiger partial charge in [0.25, 0.3) is 0 Å². The first-order valence-electron chi connectivity index (χ1n) is 8.15. The fourth-order valence-electron chi connectivity index (χ4n) is 2.46. The monoisotopic (exact) mass is 374 g/mol. The van der Waals surface area contributed by atoms with Gasteiger partial charge in [0.1, 0.15) is 15.4 Å². The third-order valence-corrected chi connectivity index (χ3v) is 4.79. The van der Waals surface area contributed by atoms with E-state index in [-0.39, 0.29) is 24.8 Å². The lowest BCUT2D eigenvalue weighted by Gasteiger charge is -2.05. The molecule has 1 aromatic carbocycles. The van der Waals surface area contributed by atoms with Gasteiger partial charge in [-0.1, -0.05) is 12.1 Å². The van der Waals surface area contributed by atoms with Crippen LogP contribution in [0.1, 0.15) is 39.4 Å². The molecule has 0 amide bonds. The van der Waals surface area contributed by atoms with E-state index >= 15 is 0 Å². The van der Waals surface area contributed by atoms with Gasteiger partial charge in [-0.25, -0.2) is 9.59 Å². The molecule has 2 aromatic heterocycles. The fourth-order valence-corrected chi connectivity index (χ4v) is 3.54. The number of carbonyl (C=O) groups is 2. The lowest BCUT2D eigenvalue weighted by Crippen LogP contribution is -2.09. The van der Waals surface area contributed by atoms with Gasteiger partial charge >= 0.3 is 18.0 Å². The molecule has 0 aliphatic carbocycles. The number of fused-ring (bicyclic) bond motifs is 1. The number of para-hydroxylation sites is 2. The molecule has 0 saturated heterocycles. The van der Waals surface area contributed by atoms with E-state index in [2.05, 4.69) is 10.3 Å². The van der Waals surface area contributed by atoms with Crippen LogP contribution in [0.2, 0.25) is 0 Å². The van der Waals surface area contributed by atoms with Crippen molar-refractivity contribution in [3.8, 4) is 0 Å². The normalized spacial score (nSPS) is 10.7. The van der Waals surface area contributed by atoms with Crippen LogP contribution in [0.5, 0.6) is 0 Å². The zero-order chi connectivity index (χ0) is 18.7. The predicted molar refractivity (Wildman–Crippen MR) is 98.3 cm³/mol. The van der Waals surface area contributed by atoms with Crippen molar-refractivity contribution in [1.29, 1.82) is 0 Å². The fraction of sp³-hybridized carbons (Fsp3) is 0.278. The molecule has 1 N–H and O–H groups in total. The zero-order valence-corrected chi connectivity index (χ0v) is 15.4. The molecule has 0 fully saturated rings. The molecule has 0 unspecified atom stereocenters. The maximum absolute atomic E-state index is 12.4. The van der Waals surface area contributed by atoms with Gasteiger partial charge in [0.2, 0.25) is 0 Å². The highest BCUT2D eigenvalue weighted by atomic mass is 32.1. The Morgan fingerprint density at radius 1 is 1.15 bits per heavy atom. The first-order chi connectivity index (χ1) is 12.5. The summed E-state index contributed by atoms with van der Waals surface area (Å²) in [6.07, 6.45) is 0. The van der Waals surface area contributed by atoms with Crippen LogP contribution < -0.4 is 5.32 Å². The van der Waals surface area contributed by atoms with E-state index in [1.807, 2.05) is 18.2 Å². The molecular weight excluding hydrogens is 356 g/mol. The van der Waals surface area contributed by atoms with Crippen LogP contribution in [0, 0.1) is 6.92 Å². The van der Waals surface area contributed by atoms with Crippen LogP contribution in [-0.2, 0) is 9.47 Å². The first-order valence-corrected chi connectivity index (χ1v) is 8.97. The quantitative estimate of drug-likeness (QED) is 0.643. The third kappa shape index (κ3) is 3.41. The predicted octanol–water partition coefficient (Wildman–Crippen LogP) is 4.29. The molecule has 0 spiro atoms. The van der Waals surface area contributed by atoms with Gasteiger partial charge < -0.3 is 13.9 Å². The van der Waals surface area contributed by atoms with Crippen LogP contribution >= 0.6 is 11.3 Å². The number of nitrogens with zero attached hydrogens (tertiary/aromatic N) is 1. The van der Waals surface area contributed by atoms with Crippen LogP contribution in [0.3, 0.4) is 0 Å². The summed E-state index contributed by atoms with van der Waals surface area (Å²) < 4.78 is 15.8. The Labute approximate surface area is 153 Å². The van der Waals surface area contributed by atoms with Crippen molar-refractivity contribution in [3.63, 3.8) is 0 Å². The molecule has 2 heterocycles. The highest BCUT2D eigenvalue weighted by Crippen LogP contribution is 2.36. The number of ether oxygens (including phenoxy) is 2. The van der Waals surface area contributed by atoms with E-state index in [9.17, 15) is 9.59 Å². The molecular formula is C18H18N2O5S. The number of hydrogen-bond acceptors (Lipinski definition) is 8. The number of thiophene rings is 1. The topological polar surface area (TPSA) is 90.7 Å². The Morgan fingerprint density at radius 2 is 1.85 bits per heavy atom. The van der Waals surface area contributed by atoms with Gasteiger partial charge in [0.15, 0.2) is 5.58 Å². The molecule has 26 heavy (non-hydrogen) atoms. The number of rotatable bonds is 6. The molecule has 8 heteroatoms. The minimum absolute atomic E-state index is 0.227. The summed E-state index contributed by atoms with van der Waals surface area (Å²) in [6.45, 7) is 5.61. The summed E-state index contributed by atoms with van der Waals surface area (Å²) >= 11 is 1.11. The Balaban J connectivity index is 2.01. The molecule has 3 rings (SSSR count). The minimum Gasteiger partial charge on any atom is -0.462 e. The average Bonchev–Trinajstić information content (AvgIpc) is 3.16. The lowest BCUT2D eigenvalue weighted by atomic mass is 10.1. The number of carbonyl (C=O) groups excluding carboxylic acids is 2. The molecule has 3 aromatic rings. The Hall–Kier alpha value is -2.87. The van der Waals surface area contributed by atoms with E-state index in [1.54, 1.807) is 26.8 Å². The molecule has 0 aliphatic rings. The number of anilines is 2. The van der Waals surface area contributed by atoms with Crippen molar-refractivity contribution in [2.75, 3.05) is 18.5 Å². The van der Waals surface area contributed by atoms with Gasteiger partial charge in [-0.05, 0) is 38.5 Å². The van der Waals surface area contributed by atoms with E-state index in [0.717, 1.165) is 11.3 Å². The molecule has 7 nitrogen and oxygen atoms in total. The largest absolute Gasteiger partial charge is 0.462 e. The standard InChI is InChI=1S/C18H18N2O5S/c1-4-23-16(21)13-10(3)14(17(22)24-5-2)26-15(13)20-18-19-11-8-6-7-9-12(11)25-18/h6-9H,4-5H2,1-3H3,(H,19,20). The molecule has 136 valence electrons. The van der Waals surface area contributed by atoms with Crippen molar-refractivity contribution < 1.29 is 23.5 Å². The lowest BCUT2D eigenvalue weighted by molar-refractivity contribution is 0.0527. The van der Waals surface area contributed by atoms with Crippen molar-refractivity contribution in [1.82, 2.24) is 4.98 Å². The van der Waals surface area contributed by atoms with Crippen LogP contribution in [-0.4, -0.2) is 30.1 Å². The van der Waals surface area contributed by atoms with Crippen LogP contribution in [0.15, 0.2) is 28.7 Å². The highest BCUT2D eigenvalue weighted by Gasteiger charge is 2.27. The Morgan fingerprint density at radius 3 is 2.54 bits per heavy atom.